The first kappa shape index (κ1) is 16.3. The minimum Gasteiger partial charge on any atom is -0.469 e. The Balaban J connectivity index is 2.63. The van der Waals surface area contributed by atoms with E-state index in [1.54, 1.807) is 17.9 Å². The maximum absolute atomic E-state index is 12.4. The number of hydrogen-bond donors (Lipinski definition) is 1. The predicted octanol–water partition coefficient (Wildman–Crippen LogP) is 2.35. The summed E-state index contributed by atoms with van der Waals surface area (Å²) in [6.45, 7) is 8.68. The van der Waals surface area contributed by atoms with Crippen molar-refractivity contribution in [1.82, 2.24) is 10.2 Å². The second kappa shape index (κ2) is 7.72. The second-order valence-corrected chi connectivity index (χ2v) is 5.15. The Bertz CT molecular complexity index is 452. The molecule has 1 rings (SSSR count). The van der Waals surface area contributed by atoms with Gasteiger partial charge in [0.25, 0.3) is 5.91 Å². The fourth-order valence-corrected chi connectivity index (χ4v) is 1.99. The minimum absolute atomic E-state index is 0.0298. The minimum atomic E-state index is -0.0737. The highest BCUT2D eigenvalue weighted by atomic mass is 16.3. The van der Waals surface area contributed by atoms with Gasteiger partial charge in [0.05, 0.1) is 11.8 Å². The molecule has 1 heterocycles. The standard InChI is InChI=1S/C15H24N2O3/c1-5-8-17(9-6-14(18)16-11(2)3)15(19)13-7-10-20-12(13)4/h7,10-11H,5-6,8-9H2,1-4H3,(H,16,18). The molecule has 5 nitrogen and oxygen atoms in total. The van der Waals surface area contributed by atoms with Crippen LogP contribution in [0.15, 0.2) is 16.7 Å². The van der Waals surface area contributed by atoms with Gasteiger partial charge in [-0.15, -0.1) is 0 Å². The lowest BCUT2D eigenvalue weighted by atomic mass is 10.2. The summed E-state index contributed by atoms with van der Waals surface area (Å²) in [7, 11) is 0. The normalized spacial score (nSPS) is 10.7. The molecule has 0 unspecified atom stereocenters. The van der Waals surface area contributed by atoms with E-state index in [0.717, 1.165) is 6.42 Å². The van der Waals surface area contributed by atoms with E-state index in [1.807, 2.05) is 20.8 Å². The molecule has 0 radical (unpaired) electrons. The summed E-state index contributed by atoms with van der Waals surface area (Å²) in [4.78, 5) is 25.8. The summed E-state index contributed by atoms with van der Waals surface area (Å²) >= 11 is 0. The van der Waals surface area contributed by atoms with Crippen LogP contribution in [0.5, 0.6) is 0 Å². The Kier molecular flexibility index (Phi) is 6.28. The molecule has 2 amide bonds. The van der Waals surface area contributed by atoms with E-state index < -0.39 is 0 Å². The van der Waals surface area contributed by atoms with Gasteiger partial charge in [0.15, 0.2) is 0 Å². The van der Waals surface area contributed by atoms with Crippen molar-refractivity contribution in [2.24, 2.45) is 0 Å². The monoisotopic (exact) mass is 280 g/mol. The van der Waals surface area contributed by atoms with Crippen molar-refractivity contribution in [3.05, 3.63) is 23.7 Å². The molecule has 1 aromatic rings. The SMILES string of the molecule is CCCN(CCC(=O)NC(C)C)C(=O)c1ccoc1C. The van der Waals surface area contributed by atoms with Gasteiger partial charge in [-0.25, -0.2) is 0 Å². The Morgan fingerprint density at radius 2 is 2.05 bits per heavy atom. The number of nitrogens with zero attached hydrogens (tertiary/aromatic N) is 1. The molecule has 0 aromatic carbocycles. The zero-order valence-corrected chi connectivity index (χ0v) is 12.7. The highest BCUT2D eigenvalue weighted by Gasteiger charge is 2.19. The van der Waals surface area contributed by atoms with Gasteiger partial charge in [-0.1, -0.05) is 6.92 Å². The highest BCUT2D eigenvalue weighted by Crippen LogP contribution is 2.12. The van der Waals surface area contributed by atoms with Crippen LogP contribution in [-0.4, -0.2) is 35.8 Å². The van der Waals surface area contributed by atoms with Crippen molar-refractivity contribution in [2.45, 2.75) is 46.6 Å². The van der Waals surface area contributed by atoms with Crippen molar-refractivity contribution in [2.75, 3.05) is 13.1 Å². The van der Waals surface area contributed by atoms with Crippen LogP contribution in [0.1, 0.15) is 49.7 Å². The van der Waals surface area contributed by atoms with Gasteiger partial charge < -0.3 is 14.6 Å². The molecule has 0 saturated heterocycles. The fourth-order valence-electron chi connectivity index (χ4n) is 1.99. The van der Waals surface area contributed by atoms with Gasteiger partial charge in [-0.05, 0) is 33.3 Å². The van der Waals surface area contributed by atoms with E-state index in [0.29, 0.717) is 30.8 Å². The number of furan rings is 1. The lowest BCUT2D eigenvalue weighted by Gasteiger charge is -2.22. The predicted molar refractivity (Wildman–Crippen MR) is 77.5 cm³/mol. The molecular formula is C15H24N2O3. The first-order valence-corrected chi connectivity index (χ1v) is 7.08. The molecule has 1 aromatic heterocycles. The van der Waals surface area contributed by atoms with Crippen molar-refractivity contribution in [3.8, 4) is 0 Å². The van der Waals surface area contributed by atoms with Crippen LogP contribution >= 0.6 is 0 Å². The van der Waals surface area contributed by atoms with Gasteiger partial charge in [-0.2, -0.15) is 0 Å². The maximum Gasteiger partial charge on any atom is 0.257 e. The van der Waals surface area contributed by atoms with Gasteiger partial charge >= 0.3 is 0 Å². The van der Waals surface area contributed by atoms with Crippen LogP contribution in [0.4, 0.5) is 0 Å². The Morgan fingerprint density at radius 3 is 2.55 bits per heavy atom. The summed E-state index contributed by atoms with van der Waals surface area (Å²) in [6.07, 6.45) is 2.69. The second-order valence-electron chi connectivity index (χ2n) is 5.15. The average Bonchev–Trinajstić information content (AvgIpc) is 2.79. The number of hydrogen-bond acceptors (Lipinski definition) is 3. The van der Waals surface area contributed by atoms with Crippen LogP contribution in [0, 0.1) is 6.92 Å². The summed E-state index contributed by atoms with van der Waals surface area (Å²) in [6, 6.07) is 1.79. The topological polar surface area (TPSA) is 62.6 Å². The van der Waals surface area contributed by atoms with E-state index in [4.69, 9.17) is 4.42 Å². The summed E-state index contributed by atoms with van der Waals surface area (Å²) in [5, 5.41) is 2.83. The lowest BCUT2D eigenvalue weighted by molar-refractivity contribution is -0.121. The first-order valence-electron chi connectivity index (χ1n) is 7.08. The molecule has 1 N–H and O–H groups in total. The molecule has 0 aliphatic carbocycles. The van der Waals surface area contributed by atoms with Crippen LogP contribution in [0.3, 0.4) is 0 Å². The van der Waals surface area contributed by atoms with Crippen LogP contribution in [-0.2, 0) is 4.79 Å². The van der Waals surface area contributed by atoms with E-state index in [-0.39, 0.29) is 17.9 Å². The smallest absolute Gasteiger partial charge is 0.257 e. The quantitative estimate of drug-likeness (QED) is 0.834. The summed E-state index contributed by atoms with van der Waals surface area (Å²) in [5.41, 5.74) is 0.572. The molecule has 0 aliphatic heterocycles. The third-order valence-corrected chi connectivity index (χ3v) is 2.93. The molecule has 0 spiro atoms. The fraction of sp³-hybridized carbons (Fsp3) is 0.600. The van der Waals surface area contributed by atoms with Gasteiger partial charge in [0.1, 0.15) is 5.76 Å². The number of carbonyl (C=O) groups is 2. The molecule has 0 atom stereocenters. The van der Waals surface area contributed by atoms with E-state index >= 15 is 0 Å². The van der Waals surface area contributed by atoms with Crippen molar-refractivity contribution >= 4 is 11.8 Å². The van der Waals surface area contributed by atoms with Crippen LogP contribution in [0.25, 0.3) is 0 Å². The summed E-state index contributed by atoms with van der Waals surface area (Å²) in [5.74, 6) is 0.510. The number of rotatable bonds is 7. The largest absolute Gasteiger partial charge is 0.469 e. The molecule has 0 bridgehead atoms. The van der Waals surface area contributed by atoms with E-state index in [9.17, 15) is 9.59 Å². The Morgan fingerprint density at radius 1 is 1.35 bits per heavy atom. The Labute approximate surface area is 120 Å². The molecule has 112 valence electrons. The van der Waals surface area contributed by atoms with Crippen LogP contribution in [0.2, 0.25) is 0 Å². The highest BCUT2D eigenvalue weighted by molar-refractivity contribution is 5.95. The van der Waals surface area contributed by atoms with Crippen molar-refractivity contribution in [1.29, 1.82) is 0 Å². The molecular weight excluding hydrogens is 256 g/mol. The number of nitrogens with one attached hydrogen (secondary N) is 1. The first-order chi connectivity index (χ1) is 9.45. The average molecular weight is 280 g/mol. The van der Waals surface area contributed by atoms with Crippen molar-refractivity contribution in [3.63, 3.8) is 0 Å². The number of amides is 2. The third-order valence-electron chi connectivity index (χ3n) is 2.93. The van der Waals surface area contributed by atoms with Gasteiger partial charge in [0, 0.05) is 25.6 Å². The number of carbonyl (C=O) groups excluding carboxylic acids is 2. The van der Waals surface area contributed by atoms with Crippen molar-refractivity contribution < 1.29 is 14.0 Å². The molecule has 0 saturated carbocycles. The van der Waals surface area contributed by atoms with E-state index in [1.165, 1.54) is 6.26 Å². The molecule has 5 heteroatoms. The molecule has 0 fully saturated rings. The molecule has 20 heavy (non-hydrogen) atoms. The molecule has 0 aliphatic rings. The van der Waals surface area contributed by atoms with Crippen LogP contribution < -0.4 is 5.32 Å². The maximum atomic E-state index is 12.4. The van der Waals surface area contributed by atoms with Gasteiger partial charge in [-0.3, -0.25) is 9.59 Å². The number of aryl methyl sites for hydroxylation is 1. The zero-order valence-electron chi connectivity index (χ0n) is 12.7. The van der Waals surface area contributed by atoms with Gasteiger partial charge in [0.2, 0.25) is 5.91 Å². The Hall–Kier alpha value is -1.78. The van der Waals surface area contributed by atoms with E-state index in [2.05, 4.69) is 5.32 Å². The lowest BCUT2D eigenvalue weighted by Crippen LogP contribution is -2.37. The summed E-state index contributed by atoms with van der Waals surface area (Å²) < 4.78 is 5.17. The third kappa shape index (κ3) is 4.72. The zero-order chi connectivity index (χ0) is 15.1.